The van der Waals surface area contributed by atoms with Crippen molar-refractivity contribution in [3.63, 3.8) is 0 Å². The first kappa shape index (κ1) is 22.3. The SMILES string of the molecule is CC/C=C(O)\C=C(\C)Cc1c(CO)nn2c(N(CC)CCCC)c3c(nc12)CCC3. The van der Waals surface area contributed by atoms with Crippen LogP contribution in [0.3, 0.4) is 0 Å². The van der Waals surface area contributed by atoms with Crippen LogP contribution in [-0.4, -0.2) is 37.9 Å². The number of aryl methyl sites for hydroxylation is 1. The van der Waals surface area contributed by atoms with Gasteiger partial charge < -0.3 is 15.1 Å². The van der Waals surface area contributed by atoms with Crippen molar-refractivity contribution in [1.29, 1.82) is 0 Å². The molecule has 0 fully saturated rings. The highest BCUT2D eigenvalue weighted by atomic mass is 16.3. The summed E-state index contributed by atoms with van der Waals surface area (Å²) in [6.07, 6.45) is 10.4. The Morgan fingerprint density at radius 1 is 1.23 bits per heavy atom. The predicted octanol–water partition coefficient (Wildman–Crippen LogP) is 4.68. The molecule has 6 nitrogen and oxygen atoms in total. The van der Waals surface area contributed by atoms with E-state index in [-0.39, 0.29) is 12.4 Å². The summed E-state index contributed by atoms with van der Waals surface area (Å²) < 4.78 is 1.97. The molecule has 0 amide bonds. The molecule has 0 atom stereocenters. The minimum absolute atomic E-state index is 0.117. The molecule has 0 saturated heterocycles. The Morgan fingerprint density at radius 3 is 2.70 bits per heavy atom. The summed E-state index contributed by atoms with van der Waals surface area (Å²) in [5.74, 6) is 1.43. The van der Waals surface area contributed by atoms with Crippen molar-refractivity contribution in [2.75, 3.05) is 18.0 Å². The van der Waals surface area contributed by atoms with Crippen molar-refractivity contribution < 1.29 is 10.2 Å². The van der Waals surface area contributed by atoms with Gasteiger partial charge in [-0.25, -0.2) is 4.98 Å². The second-order valence-corrected chi connectivity index (χ2v) is 8.17. The van der Waals surface area contributed by atoms with Gasteiger partial charge in [-0.2, -0.15) is 9.61 Å². The zero-order valence-electron chi connectivity index (χ0n) is 18.9. The van der Waals surface area contributed by atoms with Crippen molar-refractivity contribution >= 4 is 11.5 Å². The van der Waals surface area contributed by atoms with Gasteiger partial charge in [-0.1, -0.05) is 25.8 Å². The lowest BCUT2D eigenvalue weighted by Gasteiger charge is -2.26. The highest BCUT2D eigenvalue weighted by molar-refractivity contribution is 5.63. The molecule has 30 heavy (non-hydrogen) atoms. The Kier molecular flexibility index (Phi) is 7.53. The van der Waals surface area contributed by atoms with Crippen LogP contribution >= 0.6 is 0 Å². The fourth-order valence-electron chi connectivity index (χ4n) is 4.34. The maximum absolute atomic E-state index is 10.0. The average molecular weight is 413 g/mol. The number of aromatic nitrogens is 3. The fraction of sp³-hybridized carbons (Fsp3) is 0.583. The van der Waals surface area contributed by atoms with E-state index in [2.05, 4.69) is 18.7 Å². The highest BCUT2D eigenvalue weighted by Crippen LogP contribution is 2.33. The van der Waals surface area contributed by atoms with Crippen LogP contribution in [0, 0.1) is 0 Å². The van der Waals surface area contributed by atoms with Crippen molar-refractivity contribution in [2.45, 2.75) is 79.2 Å². The summed E-state index contributed by atoms with van der Waals surface area (Å²) >= 11 is 0. The molecule has 3 rings (SSSR count). The van der Waals surface area contributed by atoms with Gasteiger partial charge in [0, 0.05) is 29.9 Å². The van der Waals surface area contributed by atoms with Crippen molar-refractivity contribution in [1.82, 2.24) is 14.6 Å². The third kappa shape index (κ3) is 4.53. The van der Waals surface area contributed by atoms with Crippen LogP contribution in [0.2, 0.25) is 0 Å². The first-order valence-corrected chi connectivity index (χ1v) is 11.4. The molecule has 0 bridgehead atoms. The Balaban J connectivity index is 2.14. The normalized spacial score (nSPS) is 14.6. The number of anilines is 1. The molecule has 0 radical (unpaired) electrons. The molecule has 1 aliphatic carbocycles. The van der Waals surface area contributed by atoms with Gasteiger partial charge in [0.1, 0.15) is 11.6 Å². The van der Waals surface area contributed by atoms with Gasteiger partial charge in [0.2, 0.25) is 0 Å². The number of aliphatic hydroxyl groups excluding tert-OH is 2. The fourth-order valence-corrected chi connectivity index (χ4v) is 4.34. The molecule has 0 aromatic carbocycles. The molecular weight excluding hydrogens is 376 g/mol. The summed E-state index contributed by atoms with van der Waals surface area (Å²) in [7, 11) is 0. The smallest absolute Gasteiger partial charge is 0.161 e. The van der Waals surface area contributed by atoms with Crippen LogP contribution in [0.5, 0.6) is 0 Å². The van der Waals surface area contributed by atoms with Crippen molar-refractivity contribution in [3.8, 4) is 0 Å². The Labute approximate surface area is 179 Å². The molecule has 2 heterocycles. The predicted molar refractivity (Wildman–Crippen MR) is 122 cm³/mol. The summed E-state index contributed by atoms with van der Waals surface area (Å²) in [6, 6.07) is 0. The number of hydrogen-bond donors (Lipinski definition) is 2. The third-order valence-corrected chi connectivity index (χ3v) is 5.82. The third-order valence-electron chi connectivity index (χ3n) is 5.82. The maximum atomic E-state index is 10.0. The van der Waals surface area contributed by atoms with E-state index in [9.17, 15) is 10.2 Å². The lowest BCUT2D eigenvalue weighted by Crippen LogP contribution is -2.28. The zero-order valence-corrected chi connectivity index (χ0v) is 18.9. The quantitative estimate of drug-likeness (QED) is 0.438. The van der Waals surface area contributed by atoms with Crippen LogP contribution in [0.4, 0.5) is 5.82 Å². The Morgan fingerprint density at radius 2 is 2.03 bits per heavy atom. The van der Waals surface area contributed by atoms with E-state index in [1.807, 2.05) is 18.4 Å². The van der Waals surface area contributed by atoms with E-state index in [4.69, 9.17) is 10.1 Å². The minimum Gasteiger partial charge on any atom is -0.508 e. The number of hydrogen-bond acceptors (Lipinski definition) is 5. The number of allylic oxidation sites excluding steroid dienone is 3. The van der Waals surface area contributed by atoms with E-state index in [0.29, 0.717) is 12.1 Å². The molecule has 0 aliphatic heterocycles. The number of fused-ring (bicyclic) bond motifs is 2. The molecular formula is C24H36N4O2. The number of unbranched alkanes of at least 4 members (excludes halogenated alkanes) is 1. The first-order chi connectivity index (χ1) is 14.5. The van der Waals surface area contributed by atoms with Gasteiger partial charge in [0.25, 0.3) is 0 Å². The molecule has 164 valence electrons. The summed E-state index contributed by atoms with van der Waals surface area (Å²) in [5.41, 5.74) is 5.98. The van der Waals surface area contributed by atoms with Gasteiger partial charge in [-0.15, -0.1) is 0 Å². The Bertz CT molecular complexity index is 943. The van der Waals surface area contributed by atoms with Crippen LogP contribution in [0.15, 0.2) is 23.5 Å². The van der Waals surface area contributed by atoms with Gasteiger partial charge in [-0.05, 0) is 64.5 Å². The van der Waals surface area contributed by atoms with Crippen molar-refractivity contribution in [2.24, 2.45) is 0 Å². The summed E-state index contributed by atoms with van der Waals surface area (Å²) in [4.78, 5) is 7.42. The molecule has 2 aromatic heterocycles. The second kappa shape index (κ2) is 10.1. The monoisotopic (exact) mass is 412 g/mol. The number of aliphatic hydroxyl groups is 2. The zero-order chi connectivity index (χ0) is 21.7. The number of rotatable bonds is 10. The lowest BCUT2D eigenvalue weighted by atomic mass is 10.1. The molecule has 0 spiro atoms. The number of nitrogens with zero attached hydrogens (tertiary/aromatic N) is 4. The van der Waals surface area contributed by atoms with E-state index >= 15 is 0 Å². The standard InChI is InChI=1S/C24H36N4O2/c1-5-8-13-27(7-3)24-19-11-9-12-21(19)25-23-20(22(16-29)26-28(23)24)15-17(4)14-18(30)10-6-2/h10,14,29-30H,5-9,11-13,15-16H2,1-4H3/b17-14-,18-10+. The lowest BCUT2D eigenvalue weighted by molar-refractivity contribution is 0.275. The van der Waals surface area contributed by atoms with Crippen LogP contribution in [0.25, 0.3) is 5.65 Å². The van der Waals surface area contributed by atoms with Gasteiger partial charge in [0.15, 0.2) is 5.65 Å². The highest BCUT2D eigenvalue weighted by Gasteiger charge is 2.26. The van der Waals surface area contributed by atoms with E-state index < -0.39 is 0 Å². The van der Waals surface area contributed by atoms with Gasteiger partial charge in [-0.3, -0.25) is 0 Å². The van der Waals surface area contributed by atoms with Crippen molar-refractivity contribution in [3.05, 3.63) is 46.0 Å². The molecule has 6 heteroatoms. The van der Waals surface area contributed by atoms with Crippen LogP contribution < -0.4 is 4.90 Å². The molecule has 0 saturated carbocycles. The summed E-state index contributed by atoms with van der Waals surface area (Å²) in [5, 5.41) is 24.9. The molecule has 2 aromatic rings. The topological polar surface area (TPSA) is 73.9 Å². The maximum Gasteiger partial charge on any atom is 0.161 e. The Hall–Kier alpha value is -2.34. The molecule has 0 unspecified atom stereocenters. The second-order valence-electron chi connectivity index (χ2n) is 8.17. The van der Waals surface area contributed by atoms with Gasteiger partial charge >= 0.3 is 0 Å². The van der Waals surface area contributed by atoms with Crippen LogP contribution in [-0.2, 0) is 25.9 Å². The largest absolute Gasteiger partial charge is 0.508 e. The molecule has 2 N–H and O–H groups in total. The molecule has 1 aliphatic rings. The minimum atomic E-state index is -0.117. The van der Waals surface area contributed by atoms with E-state index in [0.717, 1.165) is 74.2 Å². The average Bonchev–Trinajstić information content (AvgIpc) is 3.32. The van der Waals surface area contributed by atoms with E-state index in [1.165, 1.54) is 11.3 Å². The van der Waals surface area contributed by atoms with E-state index in [1.54, 1.807) is 12.2 Å². The van der Waals surface area contributed by atoms with Gasteiger partial charge in [0.05, 0.1) is 12.3 Å². The summed E-state index contributed by atoms with van der Waals surface area (Å²) in [6.45, 7) is 10.2. The van der Waals surface area contributed by atoms with Crippen LogP contribution in [0.1, 0.15) is 75.9 Å². The first-order valence-electron chi connectivity index (χ1n) is 11.4.